The molecule has 0 spiro atoms. The predicted octanol–water partition coefficient (Wildman–Crippen LogP) is 11.8. The zero-order valence-electron chi connectivity index (χ0n) is 39.7. The lowest BCUT2D eigenvalue weighted by atomic mass is 9.99. The summed E-state index contributed by atoms with van der Waals surface area (Å²) in [4.78, 5) is 13.0. The Morgan fingerprint density at radius 1 is 0.541 bits per heavy atom. The molecule has 0 aromatic rings. The number of carbonyl (C=O) groups is 1. The van der Waals surface area contributed by atoms with E-state index in [0.29, 0.717) is 6.42 Å². The number of nitrogens with one attached hydrogen (secondary N) is 1. The Morgan fingerprint density at radius 2 is 0.934 bits per heavy atom. The minimum atomic E-state index is -1.57. The first-order valence-corrected chi connectivity index (χ1v) is 26.1. The molecule has 9 nitrogen and oxygen atoms in total. The second-order valence-corrected chi connectivity index (χ2v) is 18.3. The van der Waals surface area contributed by atoms with Crippen molar-refractivity contribution in [2.75, 3.05) is 13.2 Å². The van der Waals surface area contributed by atoms with E-state index in [1.165, 1.54) is 186 Å². The molecule has 0 saturated carbocycles. The van der Waals surface area contributed by atoms with Crippen LogP contribution in [0.25, 0.3) is 0 Å². The molecule has 9 heteroatoms. The Hall–Kier alpha value is -1.33. The van der Waals surface area contributed by atoms with Crippen LogP contribution in [0.3, 0.4) is 0 Å². The van der Waals surface area contributed by atoms with Crippen LogP contribution >= 0.6 is 0 Å². The first kappa shape index (κ1) is 57.7. The fourth-order valence-electron chi connectivity index (χ4n) is 8.35. The first-order chi connectivity index (χ1) is 29.8. The van der Waals surface area contributed by atoms with Gasteiger partial charge in [-0.05, 0) is 32.1 Å². The van der Waals surface area contributed by atoms with Gasteiger partial charge in [0.05, 0.1) is 25.4 Å². The van der Waals surface area contributed by atoms with Crippen LogP contribution in [0.2, 0.25) is 0 Å². The van der Waals surface area contributed by atoms with E-state index in [1.807, 2.05) is 6.08 Å². The van der Waals surface area contributed by atoms with E-state index in [2.05, 4.69) is 31.3 Å². The number of ether oxygens (including phenoxy) is 2. The third-order valence-corrected chi connectivity index (χ3v) is 12.5. The highest BCUT2D eigenvalue weighted by atomic mass is 16.7. The largest absolute Gasteiger partial charge is 0.394 e. The van der Waals surface area contributed by atoms with Crippen LogP contribution in [0.5, 0.6) is 0 Å². The van der Waals surface area contributed by atoms with Gasteiger partial charge < -0.3 is 40.3 Å². The molecular formula is C52H99NO8. The maximum Gasteiger partial charge on any atom is 0.220 e. The van der Waals surface area contributed by atoms with Crippen molar-refractivity contribution in [1.29, 1.82) is 0 Å². The standard InChI is InChI=1S/C52H99NO8/c1-3-5-7-9-11-13-15-17-19-20-21-22-23-24-25-26-28-30-32-34-36-38-40-42-48(56)53-45(44-60-52-51(59)50(58)49(57)47(43-54)61-52)46(55)41-39-37-35-33-31-29-27-18-16-14-12-10-8-6-4-2/h31,33,39,41,45-47,49-52,54-55,57-59H,3-30,32,34-38,40,42-44H2,1-2H3,(H,53,56)/b33-31+,41-39+. The molecule has 6 N–H and O–H groups in total. The molecule has 0 radical (unpaired) electrons. The number of unbranched alkanes of at least 4 members (excludes halogenated alkanes) is 32. The highest BCUT2D eigenvalue weighted by Gasteiger charge is 2.44. The van der Waals surface area contributed by atoms with Crippen LogP contribution in [0, 0.1) is 0 Å². The van der Waals surface area contributed by atoms with E-state index in [9.17, 15) is 30.3 Å². The Kier molecular flexibility index (Phi) is 40.3. The van der Waals surface area contributed by atoms with Crippen LogP contribution in [0.4, 0.5) is 0 Å². The number of aliphatic hydroxyl groups is 5. The van der Waals surface area contributed by atoms with Crippen molar-refractivity contribution in [3.05, 3.63) is 24.3 Å². The third kappa shape index (κ3) is 32.9. The lowest BCUT2D eigenvalue weighted by Gasteiger charge is -2.40. The zero-order chi connectivity index (χ0) is 44.4. The van der Waals surface area contributed by atoms with E-state index in [0.717, 1.165) is 38.5 Å². The Bertz CT molecular complexity index is 1010. The van der Waals surface area contributed by atoms with Gasteiger partial charge in [-0.2, -0.15) is 0 Å². The molecule has 360 valence electrons. The van der Waals surface area contributed by atoms with Crippen LogP contribution in [0.15, 0.2) is 24.3 Å². The van der Waals surface area contributed by atoms with E-state index in [1.54, 1.807) is 6.08 Å². The van der Waals surface area contributed by atoms with Gasteiger partial charge in [0.2, 0.25) is 5.91 Å². The van der Waals surface area contributed by atoms with E-state index in [4.69, 9.17) is 9.47 Å². The Morgan fingerprint density at radius 3 is 1.38 bits per heavy atom. The number of allylic oxidation sites excluding steroid dienone is 3. The Labute approximate surface area is 375 Å². The van der Waals surface area contributed by atoms with Crippen LogP contribution < -0.4 is 5.32 Å². The molecule has 1 rings (SSSR count). The molecule has 0 aromatic carbocycles. The predicted molar refractivity (Wildman–Crippen MR) is 253 cm³/mol. The quantitative estimate of drug-likeness (QED) is 0.0262. The number of rotatable bonds is 44. The third-order valence-electron chi connectivity index (χ3n) is 12.5. The summed E-state index contributed by atoms with van der Waals surface area (Å²) in [5.41, 5.74) is 0. The maximum atomic E-state index is 13.0. The molecule has 1 fully saturated rings. The monoisotopic (exact) mass is 866 g/mol. The number of hydrogen-bond acceptors (Lipinski definition) is 8. The fraction of sp³-hybridized carbons (Fsp3) is 0.904. The molecule has 0 aliphatic carbocycles. The lowest BCUT2D eigenvalue weighted by Crippen LogP contribution is -2.60. The van der Waals surface area contributed by atoms with Gasteiger partial charge in [-0.25, -0.2) is 0 Å². The average Bonchev–Trinajstić information content (AvgIpc) is 3.26. The van der Waals surface area contributed by atoms with E-state index in [-0.39, 0.29) is 12.5 Å². The second kappa shape index (κ2) is 42.6. The number of carbonyl (C=O) groups excluding carboxylic acids is 1. The normalized spacial score (nSPS) is 20.5. The summed E-state index contributed by atoms with van der Waals surface area (Å²) in [6.07, 6.45) is 45.2. The van der Waals surface area contributed by atoms with Gasteiger partial charge in [0.1, 0.15) is 24.4 Å². The summed E-state index contributed by atoms with van der Waals surface area (Å²) in [6, 6.07) is -0.817. The lowest BCUT2D eigenvalue weighted by molar-refractivity contribution is -0.302. The van der Waals surface area contributed by atoms with Crippen molar-refractivity contribution in [1.82, 2.24) is 5.32 Å². The van der Waals surface area contributed by atoms with Crippen LogP contribution in [0.1, 0.15) is 245 Å². The molecule has 1 saturated heterocycles. The molecule has 1 amide bonds. The summed E-state index contributed by atoms with van der Waals surface area (Å²) >= 11 is 0. The van der Waals surface area contributed by atoms with Gasteiger partial charge in [0, 0.05) is 6.42 Å². The highest BCUT2D eigenvalue weighted by Crippen LogP contribution is 2.23. The minimum Gasteiger partial charge on any atom is -0.394 e. The van der Waals surface area contributed by atoms with Crippen molar-refractivity contribution in [2.45, 2.75) is 288 Å². The van der Waals surface area contributed by atoms with Crippen molar-refractivity contribution < 1.29 is 39.8 Å². The van der Waals surface area contributed by atoms with Gasteiger partial charge in [0.25, 0.3) is 0 Å². The molecule has 1 heterocycles. The average molecular weight is 866 g/mol. The fourth-order valence-corrected chi connectivity index (χ4v) is 8.35. The van der Waals surface area contributed by atoms with Gasteiger partial charge in [0.15, 0.2) is 6.29 Å². The molecule has 1 aliphatic heterocycles. The molecule has 1 aliphatic rings. The summed E-state index contributed by atoms with van der Waals surface area (Å²) < 4.78 is 11.2. The molecular weight excluding hydrogens is 767 g/mol. The van der Waals surface area contributed by atoms with Crippen molar-refractivity contribution in [2.24, 2.45) is 0 Å². The summed E-state index contributed by atoms with van der Waals surface area (Å²) in [7, 11) is 0. The maximum absolute atomic E-state index is 13.0. The smallest absolute Gasteiger partial charge is 0.220 e. The Balaban J connectivity index is 2.26. The number of amides is 1. The van der Waals surface area contributed by atoms with Crippen molar-refractivity contribution in [3.8, 4) is 0 Å². The summed E-state index contributed by atoms with van der Waals surface area (Å²) in [5.74, 6) is -0.183. The number of hydrogen-bond donors (Lipinski definition) is 6. The molecule has 0 aromatic heterocycles. The van der Waals surface area contributed by atoms with Crippen molar-refractivity contribution >= 4 is 5.91 Å². The number of aliphatic hydroxyl groups excluding tert-OH is 5. The van der Waals surface area contributed by atoms with Gasteiger partial charge in [-0.15, -0.1) is 0 Å². The zero-order valence-corrected chi connectivity index (χ0v) is 39.7. The highest BCUT2D eigenvalue weighted by molar-refractivity contribution is 5.76. The van der Waals surface area contributed by atoms with Gasteiger partial charge in [-0.3, -0.25) is 4.79 Å². The molecule has 7 unspecified atom stereocenters. The molecule has 7 atom stereocenters. The van der Waals surface area contributed by atoms with Gasteiger partial charge in [-0.1, -0.05) is 231 Å². The summed E-state index contributed by atoms with van der Waals surface area (Å²) in [5, 5.41) is 54.3. The second-order valence-electron chi connectivity index (χ2n) is 18.3. The van der Waals surface area contributed by atoms with E-state index >= 15 is 0 Å². The topological polar surface area (TPSA) is 149 Å². The van der Waals surface area contributed by atoms with Crippen LogP contribution in [-0.2, 0) is 14.3 Å². The molecule has 0 bridgehead atoms. The first-order valence-electron chi connectivity index (χ1n) is 26.1. The van der Waals surface area contributed by atoms with E-state index < -0.39 is 49.5 Å². The van der Waals surface area contributed by atoms with Crippen LogP contribution in [-0.4, -0.2) is 87.5 Å². The van der Waals surface area contributed by atoms with Gasteiger partial charge >= 0.3 is 0 Å². The SMILES string of the molecule is CCCCCCCCCCC/C=C/CC/C=C/C(O)C(COC1OC(CO)C(O)C(O)C1O)NC(=O)CCCCCCCCCCCCCCCCCCCCCCCCC. The summed E-state index contributed by atoms with van der Waals surface area (Å²) in [6.45, 7) is 3.78. The van der Waals surface area contributed by atoms with Crippen molar-refractivity contribution in [3.63, 3.8) is 0 Å². The minimum absolute atomic E-state index is 0.183. The molecule has 61 heavy (non-hydrogen) atoms.